The van der Waals surface area contributed by atoms with E-state index in [-0.39, 0.29) is 17.5 Å². The fourth-order valence-corrected chi connectivity index (χ4v) is 4.55. The lowest BCUT2D eigenvalue weighted by Gasteiger charge is -2.35. The second kappa shape index (κ2) is 8.87. The van der Waals surface area contributed by atoms with Gasteiger partial charge in [0.1, 0.15) is 10.5 Å². The van der Waals surface area contributed by atoms with E-state index in [1.807, 2.05) is 39.8 Å². The first-order valence-electron chi connectivity index (χ1n) is 10.1. The number of sulfonamides is 1. The van der Waals surface area contributed by atoms with Crippen LogP contribution in [0.4, 0.5) is 4.79 Å². The summed E-state index contributed by atoms with van der Waals surface area (Å²) in [5, 5.41) is 0.802. The summed E-state index contributed by atoms with van der Waals surface area (Å²) < 4.78 is 33.7. The molecule has 1 amide bonds. The predicted molar refractivity (Wildman–Crippen MR) is 116 cm³/mol. The van der Waals surface area contributed by atoms with E-state index < -0.39 is 15.6 Å². The first kappa shape index (κ1) is 22.5. The van der Waals surface area contributed by atoms with E-state index in [0.717, 1.165) is 10.9 Å². The van der Waals surface area contributed by atoms with E-state index in [1.165, 1.54) is 0 Å². The second-order valence-corrected chi connectivity index (χ2v) is 10.3. The fourth-order valence-electron chi connectivity index (χ4n) is 3.36. The Morgan fingerprint density at radius 1 is 1.20 bits per heavy atom. The molecule has 1 aliphatic heterocycles. The highest BCUT2D eigenvalue weighted by molar-refractivity contribution is 7.89. The maximum absolute atomic E-state index is 12.8. The number of carbonyl (C=O) groups is 1. The number of hydrogen-bond acceptors (Lipinski definition) is 6. The summed E-state index contributed by atoms with van der Waals surface area (Å²) >= 11 is 0. The number of para-hydroxylation sites is 1. The third kappa shape index (κ3) is 5.68. The van der Waals surface area contributed by atoms with Gasteiger partial charge in [0.15, 0.2) is 0 Å². The number of pyridine rings is 1. The molecule has 2 aromatic rings. The van der Waals surface area contributed by atoms with Gasteiger partial charge in [0.2, 0.25) is 10.0 Å². The number of aryl methyl sites for hydroxylation is 1. The van der Waals surface area contributed by atoms with E-state index in [2.05, 4.69) is 14.6 Å². The van der Waals surface area contributed by atoms with Crippen LogP contribution in [0, 0.1) is 6.92 Å². The highest BCUT2D eigenvalue weighted by Gasteiger charge is 2.26. The summed E-state index contributed by atoms with van der Waals surface area (Å²) in [6.45, 7) is 10.8. The van der Waals surface area contributed by atoms with Crippen LogP contribution in [0.1, 0.15) is 26.3 Å². The molecule has 1 saturated heterocycles. The molecular formula is C21H30N4O4S. The largest absolute Gasteiger partial charge is 0.444 e. The number of ether oxygens (including phenoxy) is 1. The Morgan fingerprint density at radius 2 is 1.90 bits per heavy atom. The first-order valence-corrected chi connectivity index (χ1v) is 11.6. The van der Waals surface area contributed by atoms with Crippen LogP contribution < -0.4 is 4.72 Å². The van der Waals surface area contributed by atoms with Gasteiger partial charge in [-0.05, 0) is 45.4 Å². The van der Waals surface area contributed by atoms with Crippen molar-refractivity contribution in [2.75, 3.05) is 39.3 Å². The Balaban J connectivity index is 1.53. The van der Waals surface area contributed by atoms with Crippen LogP contribution in [0.25, 0.3) is 10.9 Å². The number of rotatable bonds is 5. The van der Waals surface area contributed by atoms with Gasteiger partial charge in [-0.3, -0.25) is 9.88 Å². The molecule has 3 rings (SSSR count). The molecular weight excluding hydrogens is 404 g/mol. The van der Waals surface area contributed by atoms with Crippen LogP contribution in [0.2, 0.25) is 0 Å². The fraction of sp³-hybridized carbons (Fsp3) is 0.524. The number of hydrogen-bond donors (Lipinski definition) is 1. The van der Waals surface area contributed by atoms with Crippen LogP contribution >= 0.6 is 0 Å². The van der Waals surface area contributed by atoms with Crippen LogP contribution in [-0.2, 0) is 14.8 Å². The molecule has 0 atom stereocenters. The SMILES string of the molecule is Cc1cnc2c(S(=O)(=O)NCCN3CCN(C(=O)OC(C)(C)C)CC3)cccc2c1. The molecule has 0 aliphatic carbocycles. The molecule has 30 heavy (non-hydrogen) atoms. The smallest absolute Gasteiger partial charge is 0.410 e. The standard InChI is InChI=1S/C21H30N4O4S/c1-16-14-17-6-5-7-18(19(17)22-15-16)30(27,28)23-8-9-24-10-12-25(13-11-24)20(26)29-21(2,3)4/h5-7,14-15,23H,8-13H2,1-4H3. The number of fused-ring (bicyclic) bond motifs is 1. The third-order valence-corrected chi connectivity index (χ3v) is 6.34. The van der Waals surface area contributed by atoms with E-state index in [4.69, 9.17) is 4.74 Å². The highest BCUT2D eigenvalue weighted by atomic mass is 32.2. The predicted octanol–water partition coefficient (Wildman–Crippen LogP) is 2.37. The van der Waals surface area contributed by atoms with Crippen molar-refractivity contribution >= 4 is 27.0 Å². The first-order chi connectivity index (χ1) is 14.0. The Hall–Kier alpha value is -2.23. The van der Waals surface area contributed by atoms with Crippen molar-refractivity contribution < 1.29 is 17.9 Å². The van der Waals surface area contributed by atoms with Crippen molar-refractivity contribution in [3.8, 4) is 0 Å². The molecule has 2 heterocycles. The average Bonchev–Trinajstić information content (AvgIpc) is 2.66. The Labute approximate surface area is 178 Å². The zero-order valence-electron chi connectivity index (χ0n) is 18.0. The van der Waals surface area contributed by atoms with Gasteiger partial charge in [-0.15, -0.1) is 0 Å². The lowest BCUT2D eigenvalue weighted by atomic mass is 10.2. The zero-order valence-corrected chi connectivity index (χ0v) is 18.8. The number of piperazine rings is 1. The quantitative estimate of drug-likeness (QED) is 0.777. The van der Waals surface area contributed by atoms with Crippen LogP contribution in [0.15, 0.2) is 35.4 Å². The molecule has 1 aliphatic rings. The van der Waals surface area contributed by atoms with E-state index in [1.54, 1.807) is 23.2 Å². The Bertz CT molecular complexity index is 1010. The summed E-state index contributed by atoms with van der Waals surface area (Å²) in [6, 6.07) is 7.09. The maximum Gasteiger partial charge on any atom is 0.410 e. The Kier molecular flexibility index (Phi) is 6.64. The van der Waals surface area contributed by atoms with E-state index in [9.17, 15) is 13.2 Å². The van der Waals surface area contributed by atoms with Gasteiger partial charge in [-0.2, -0.15) is 0 Å². The van der Waals surface area contributed by atoms with Gasteiger partial charge in [0.05, 0.1) is 5.52 Å². The van der Waals surface area contributed by atoms with Gasteiger partial charge in [-0.1, -0.05) is 12.1 Å². The van der Waals surface area contributed by atoms with Crippen molar-refractivity contribution in [3.05, 3.63) is 36.0 Å². The zero-order chi connectivity index (χ0) is 21.9. The molecule has 1 aromatic carbocycles. The summed E-state index contributed by atoms with van der Waals surface area (Å²) in [5.74, 6) is 0. The highest BCUT2D eigenvalue weighted by Crippen LogP contribution is 2.21. The van der Waals surface area contributed by atoms with Crippen molar-refractivity contribution in [2.24, 2.45) is 0 Å². The van der Waals surface area contributed by atoms with Crippen LogP contribution in [-0.4, -0.2) is 74.2 Å². The van der Waals surface area contributed by atoms with E-state index >= 15 is 0 Å². The van der Waals surface area contributed by atoms with Crippen molar-refractivity contribution in [1.29, 1.82) is 0 Å². The van der Waals surface area contributed by atoms with E-state index in [0.29, 0.717) is 38.2 Å². The van der Waals surface area contributed by atoms with Gasteiger partial charge in [0, 0.05) is 50.9 Å². The minimum atomic E-state index is -3.67. The third-order valence-electron chi connectivity index (χ3n) is 4.84. The van der Waals surface area contributed by atoms with Gasteiger partial charge < -0.3 is 9.64 Å². The molecule has 164 valence electrons. The number of aromatic nitrogens is 1. The molecule has 1 N–H and O–H groups in total. The minimum Gasteiger partial charge on any atom is -0.444 e. The van der Waals surface area contributed by atoms with Gasteiger partial charge in [-0.25, -0.2) is 17.9 Å². The van der Waals surface area contributed by atoms with Crippen LogP contribution in [0.3, 0.4) is 0 Å². The summed E-state index contributed by atoms with van der Waals surface area (Å²) in [6.07, 6.45) is 1.37. The lowest BCUT2D eigenvalue weighted by molar-refractivity contribution is 0.0147. The van der Waals surface area contributed by atoms with Crippen molar-refractivity contribution in [3.63, 3.8) is 0 Å². The number of nitrogens with one attached hydrogen (secondary N) is 1. The number of benzene rings is 1. The molecule has 0 spiro atoms. The number of nitrogens with zero attached hydrogens (tertiary/aromatic N) is 3. The van der Waals surface area contributed by atoms with Gasteiger partial charge in [0.25, 0.3) is 0 Å². The lowest BCUT2D eigenvalue weighted by Crippen LogP contribution is -2.51. The molecule has 1 aromatic heterocycles. The topological polar surface area (TPSA) is 91.8 Å². The summed E-state index contributed by atoms with van der Waals surface area (Å²) in [4.78, 5) is 20.5. The molecule has 8 nitrogen and oxygen atoms in total. The number of amides is 1. The minimum absolute atomic E-state index is 0.190. The monoisotopic (exact) mass is 434 g/mol. The average molecular weight is 435 g/mol. The molecule has 9 heteroatoms. The second-order valence-electron chi connectivity index (χ2n) is 8.55. The number of carbonyl (C=O) groups excluding carboxylic acids is 1. The molecule has 0 radical (unpaired) electrons. The Morgan fingerprint density at radius 3 is 2.57 bits per heavy atom. The normalized spacial score (nSPS) is 16.1. The molecule has 0 unspecified atom stereocenters. The molecule has 0 saturated carbocycles. The molecule has 1 fully saturated rings. The van der Waals surface area contributed by atoms with Crippen molar-refractivity contribution in [2.45, 2.75) is 38.2 Å². The molecule has 0 bridgehead atoms. The summed E-state index contributed by atoms with van der Waals surface area (Å²) in [5.41, 5.74) is 0.943. The van der Waals surface area contributed by atoms with Gasteiger partial charge >= 0.3 is 6.09 Å². The van der Waals surface area contributed by atoms with Crippen LogP contribution in [0.5, 0.6) is 0 Å². The van der Waals surface area contributed by atoms with Crippen molar-refractivity contribution in [1.82, 2.24) is 19.5 Å². The summed E-state index contributed by atoms with van der Waals surface area (Å²) in [7, 11) is -3.67. The maximum atomic E-state index is 12.8.